The van der Waals surface area contributed by atoms with Crippen LogP contribution in [0, 0.1) is 0 Å². The van der Waals surface area contributed by atoms with Gasteiger partial charge in [0.2, 0.25) is 0 Å². The van der Waals surface area contributed by atoms with E-state index < -0.39 is 0 Å². The fraction of sp³-hybridized carbons (Fsp3) is 0.533. The molecule has 4 nitrogen and oxygen atoms in total. The summed E-state index contributed by atoms with van der Waals surface area (Å²) in [6.07, 6.45) is 5.09. The van der Waals surface area contributed by atoms with E-state index in [1.54, 1.807) is 0 Å². The molecular formula is C15H24N4. The Kier molecular flexibility index (Phi) is 5.36. The number of likely N-dealkylation sites (N-methyl/N-ethyl adjacent to an activating group) is 1. The molecule has 0 unspecified atom stereocenters. The molecular weight excluding hydrogens is 236 g/mol. The standard InChI is InChI=1S/C15H24N4/c1-3-9-19(4-2)10-8-16-11-13-12-18-15-14(13)6-5-7-17-15/h5-7,12,16H,3-4,8-11H2,1-2H3,(H,17,18). The lowest BCUT2D eigenvalue weighted by atomic mass is 10.2. The third-order valence-corrected chi connectivity index (χ3v) is 3.44. The number of nitrogens with zero attached hydrogens (tertiary/aromatic N) is 2. The van der Waals surface area contributed by atoms with Crippen LogP contribution in [0.5, 0.6) is 0 Å². The van der Waals surface area contributed by atoms with Crippen LogP contribution in [-0.2, 0) is 6.54 Å². The second-order valence-electron chi connectivity index (χ2n) is 4.82. The van der Waals surface area contributed by atoms with Crippen LogP contribution in [0.1, 0.15) is 25.8 Å². The van der Waals surface area contributed by atoms with E-state index >= 15 is 0 Å². The van der Waals surface area contributed by atoms with Gasteiger partial charge in [0.05, 0.1) is 0 Å². The molecule has 2 rings (SSSR count). The number of aromatic amines is 1. The summed E-state index contributed by atoms with van der Waals surface area (Å²) in [5.74, 6) is 0. The minimum Gasteiger partial charge on any atom is -0.346 e. The Morgan fingerprint density at radius 2 is 2.21 bits per heavy atom. The summed E-state index contributed by atoms with van der Waals surface area (Å²) in [6, 6.07) is 4.10. The predicted octanol–water partition coefficient (Wildman–Crippen LogP) is 2.38. The Morgan fingerprint density at radius 3 is 3.00 bits per heavy atom. The molecule has 0 fully saturated rings. The van der Waals surface area contributed by atoms with Gasteiger partial charge in [-0.25, -0.2) is 4.98 Å². The predicted molar refractivity (Wildman–Crippen MR) is 80.2 cm³/mol. The highest BCUT2D eigenvalue weighted by atomic mass is 15.1. The minimum atomic E-state index is 0.898. The highest BCUT2D eigenvalue weighted by Gasteiger charge is 2.04. The molecule has 2 aromatic heterocycles. The van der Waals surface area contributed by atoms with Gasteiger partial charge in [-0.05, 0) is 37.2 Å². The minimum absolute atomic E-state index is 0.898. The third kappa shape index (κ3) is 3.78. The van der Waals surface area contributed by atoms with Crippen LogP contribution < -0.4 is 5.32 Å². The van der Waals surface area contributed by atoms with Gasteiger partial charge in [0.1, 0.15) is 5.65 Å². The molecule has 0 aliphatic heterocycles. The van der Waals surface area contributed by atoms with Gasteiger partial charge in [-0.3, -0.25) is 0 Å². The fourth-order valence-electron chi connectivity index (χ4n) is 2.36. The maximum atomic E-state index is 4.30. The van der Waals surface area contributed by atoms with Crippen molar-refractivity contribution in [2.24, 2.45) is 0 Å². The molecule has 0 amide bonds. The Hall–Kier alpha value is -1.39. The van der Waals surface area contributed by atoms with Crippen LogP contribution in [0.4, 0.5) is 0 Å². The Bertz CT molecular complexity index is 492. The van der Waals surface area contributed by atoms with Gasteiger partial charge in [-0.2, -0.15) is 0 Å². The molecule has 0 spiro atoms. The molecule has 104 valence electrons. The van der Waals surface area contributed by atoms with Crippen molar-refractivity contribution in [2.75, 3.05) is 26.2 Å². The molecule has 0 aliphatic rings. The van der Waals surface area contributed by atoms with E-state index in [1.807, 2.05) is 18.5 Å². The average Bonchev–Trinajstić information content (AvgIpc) is 2.85. The molecule has 2 heterocycles. The summed E-state index contributed by atoms with van der Waals surface area (Å²) < 4.78 is 0. The Balaban J connectivity index is 1.79. The smallest absolute Gasteiger partial charge is 0.137 e. The first kappa shape index (κ1) is 14.0. The van der Waals surface area contributed by atoms with Crippen molar-refractivity contribution in [3.63, 3.8) is 0 Å². The van der Waals surface area contributed by atoms with Crippen molar-refractivity contribution in [3.05, 3.63) is 30.1 Å². The van der Waals surface area contributed by atoms with Gasteiger partial charge in [-0.1, -0.05) is 13.8 Å². The van der Waals surface area contributed by atoms with Gasteiger partial charge >= 0.3 is 0 Å². The summed E-state index contributed by atoms with van der Waals surface area (Å²) >= 11 is 0. The number of fused-ring (bicyclic) bond motifs is 1. The second-order valence-corrected chi connectivity index (χ2v) is 4.82. The molecule has 19 heavy (non-hydrogen) atoms. The van der Waals surface area contributed by atoms with E-state index in [2.05, 4.69) is 40.1 Å². The van der Waals surface area contributed by atoms with Crippen molar-refractivity contribution in [3.8, 4) is 0 Å². The Labute approximate surface area is 115 Å². The first-order chi connectivity index (χ1) is 9.35. The number of hydrogen-bond acceptors (Lipinski definition) is 3. The summed E-state index contributed by atoms with van der Waals surface area (Å²) in [4.78, 5) is 9.99. The number of nitrogens with one attached hydrogen (secondary N) is 2. The molecule has 0 radical (unpaired) electrons. The lowest BCUT2D eigenvalue weighted by Gasteiger charge is -2.19. The maximum absolute atomic E-state index is 4.30. The normalized spacial score (nSPS) is 11.5. The molecule has 0 saturated carbocycles. The highest BCUT2D eigenvalue weighted by molar-refractivity contribution is 5.79. The van der Waals surface area contributed by atoms with Crippen molar-refractivity contribution < 1.29 is 0 Å². The van der Waals surface area contributed by atoms with Gasteiger partial charge < -0.3 is 15.2 Å². The van der Waals surface area contributed by atoms with E-state index in [4.69, 9.17) is 0 Å². The van der Waals surface area contributed by atoms with Crippen LogP contribution in [-0.4, -0.2) is 41.0 Å². The molecule has 0 aromatic carbocycles. The molecule has 0 bridgehead atoms. The molecule has 0 saturated heterocycles. The summed E-state index contributed by atoms with van der Waals surface area (Å²) in [5, 5.41) is 4.73. The lowest BCUT2D eigenvalue weighted by Crippen LogP contribution is -2.32. The van der Waals surface area contributed by atoms with Gasteiger partial charge in [0, 0.05) is 37.4 Å². The van der Waals surface area contributed by atoms with Crippen molar-refractivity contribution >= 4 is 11.0 Å². The van der Waals surface area contributed by atoms with E-state index in [1.165, 1.54) is 23.9 Å². The van der Waals surface area contributed by atoms with Gasteiger partial charge in [0.15, 0.2) is 0 Å². The van der Waals surface area contributed by atoms with E-state index in [9.17, 15) is 0 Å². The van der Waals surface area contributed by atoms with Crippen LogP contribution >= 0.6 is 0 Å². The number of hydrogen-bond donors (Lipinski definition) is 2. The third-order valence-electron chi connectivity index (χ3n) is 3.44. The number of pyridine rings is 1. The zero-order valence-corrected chi connectivity index (χ0v) is 11.9. The largest absolute Gasteiger partial charge is 0.346 e. The molecule has 2 aromatic rings. The average molecular weight is 260 g/mol. The zero-order valence-electron chi connectivity index (χ0n) is 11.9. The SMILES string of the molecule is CCCN(CC)CCNCc1c[nH]c2ncccc12. The zero-order chi connectivity index (χ0) is 13.5. The first-order valence-electron chi connectivity index (χ1n) is 7.19. The van der Waals surface area contributed by atoms with Crippen LogP contribution in [0.15, 0.2) is 24.5 Å². The fourth-order valence-corrected chi connectivity index (χ4v) is 2.36. The van der Waals surface area contributed by atoms with Crippen LogP contribution in [0.3, 0.4) is 0 Å². The topological polar surface area (TPSA) is 44.0 Å². The first-order valence-corrected chi connectivity index (χ1v) is 7.19. The second kappa shape index (κ2) is 7.26. The van der Waals surface area contributed by atoms with Crippen molar-refractivity contribution in [1.82, 2.24) is 20.2 Å². The van der Waals surface area contributed by atoms with Crippen molar-refractivity contribution in [1.29, 1.82) is 0 Å². The summed E-state index contributed by atoms with van der Waals surface area (Å²) in [7, 11) is 0. The van der Waals surface area contributed by atoms with Crippen LogP contribution in [0.2, 0.25) is 0 Å². The summed E-state index contributed by atoms with van der Waals surface area (Å²) in [5.41, 5.74) is 2.27. The quantitative estimate of drug-likeness (QED) is 0.716. The summed E-state index contributed by atoms with van der Waals surface area (Å²) in [6.45, 7) is 9.82. The Morgan fingerprint density at radius 1 is 1.32 bits per heavy atom. The highest BCUT2D eigenvalue weighted by Crippen LogP contribution is 2.14. The molecule has 2 N–H and O–H groups in total. The maximum Gasteiger partial charge on any atom is 0.137 e. The van der Waals surface area contributed by atoms with Gasteiger partial charge in [0.25, 0.3) is 0 Å². The van der Waals surface area contributed by atoms with Crippen molar-refractivity contribution in [2.45, 2.75) is 26.8 Å². The number of H-pyrrole nitrogens is 1. The van der Waals surface area contributed by atoms with E-state index in [0.717, 1.165) is 31.8 Å². The van der Waals surface area contributed by atoms with Gasteiger partial charge in [-0.15, -0.1) is 0 Å². The molecule has 0 atom stereocenters. The lowest BCUT2D eigenvalue weighted by molar-refractivity contribution is 0.287. The van der Waals surface area contributed by atoms with Crippen LogP contribution in [0.25, 0.3) is 11.0 Å². The molecule has 4 heteroatoms. The number of aromatic nitrogens is 2. The monoisotopic (exact) mass is 260 g/mol. The van der Waals surface area contributed by atoms with E-state index in [0.29, 0.717) is 0 Å². The molecule has 0 aliphatic carbocycles. The van der Waals surface area contributed by atoms with E-state index in [-0.39, 0.29) is 0 Å². The number of rotatable bonds is 8.